The molecule has 0 bridgehead atoms. The summed E-state index contributed by atoms with van der Waals surface area (Å²) in [7, 11) is 0. The second-order valence-corrected chi connectivity index (χ2v) is 6.95. The molecule has 2 heterocycles. The molecule has 158 valence electrons. The highest BCUT2D eigenvalue weighted by molar-refractivity contribution is 6.35. The number of anilines is 3. The van der Waals surface area contributed by atoms with E-state index in [0.717, 1.165) is 13.0 Å². The van der Waals surface area contributed by atoms with Crippen molar-refractivity contribution in [1.82, 2.24) is 24.9 Å². The number of nitrogens with one attached hydrogen (secondary N) is 3. The van der Waals surface area contributed by atoms with Crippen molar-refractivity contribution in [1.29, 1.82) is 0 Å². The fraction of sp³-hybridized carbons (Fsp3) is 0.222. The monoisotopic (exact) mass is 450 g/mol. The van der Waals surface area contributed by atoms with Gasteiger partial charge in [-0.1, -0.05) is 23.2 Å². The SMILES string of the molecule is Nc1c(NCCCn2ccnc2)ncnc1NNC(=O)COc1ccc(Cl)cc1Cl. The van der Waals surface area contributed by atoms with Crippen LogP contribution in [0.5, 0.6) is 5.75 Å². The van der Waals surface area contributed by atoms with Crippen LogP contribution in [0.1, 0.15) is 6.42 Å². The Morgan fingerprint density at radius 2 is 2.07 bits per heavy atom. The topological polar surface area (TPSA) is 132 Å². The van der Waals surface area contributed by atoms with E-state index < -0.39 is 5.91 Å². The number of aryl methyl sites for hydroxylation is 1. The average molecular weight is 451 g/mol. The highest BCUT2D eigenvalue weighted by Crippen LogP contribution is 2.27. The van der Waals surface area contributed by atoms with E-state index in [9.17, 15) is 4.79 Å². The van der Waals surface area contributed by atoms with Gasteiger partial charge in [-0.05, 0) is 24.6 Å². The number of imidazole rings is 1. The van der Waals surface area contributed by atoms with Gasteiger partial charge in [0.25, 0.3) is 5.91 Å². The largest absolute Gasteiger partial charge is 0.482 e. The number of halogens is 2. The zero-order valence-electron chi connectivity index (χ0n) is 15.8. The number of aromatic nitrogens is 4. The molecule has 30 heavy (non-hydrogen) atoms. The van der Waals surface area contributed by atoms with Crippen LogP contribution in [0.2, 0.25) is 10.0 Å². The first-order valence-corrected chi connectivity index (χ1v) is 9.71. The molecule has 12 heteroatoms. The summed E-state index contributed by atoms with van der Waals surface area (Å²) in [5.74, 6) is 0.630. The number of hydrogen-bond acceptors (Lipinski definition) is 8. The van der Waals surface area contributed by atoms with Crippen LogP contribution in [0, 0.1) is 0 Å². The van der Waals surface area contributed by atoms with Crippen LogP contribution in [-0.2, 0) is 11.3 Å². The van der Waals surface area contributed by atoms with E-state index in [1.165, 1.54) is 12.4 Å². The molecule has 0 aliphatic heterocycles. The van der Waals surface area contributed by atoms with Crippen molar-refractivity contribution in [2.45, 2.75) is 13.0 Å². The molecule has 0 unspecified atom stereocenters. The van der Waals surface area contributed by atoms with Gasteiger partial charge in [-0.25, -0.2) is 15.0 Å². The van der Waals surface area contributed by atoms with Gasteiger partial charge in [-0.15, -0.1) is 0 Å². The molecular formula is C18H20Cl2N8O2. The molecular weight excluding hydrogens is 431 g/mol. The quantitative estimate of drug-likeness (QED) is 0.273. The second-order valence-electron chi connectivity index (χ2n) is 6.10. The van der Waals surface area contributed by atoms with Gasteiger partial charge >= 0.3 is 0 Å². The van der Waals surface area contributed by atoms with Gasteiger partial charge in [0.2, 0.25) is 0 Å². The summed E-state index contributed by atoms with van der Waals surface area (Å²) in [6, 6.07) is 4.73. The number of benzene rings is 1. The lowest BCUT2D eigenvalue weighted by Crippen LogP contribution is -2.34. The summed E-state index contributed by atoms with van der Waals surface area (Å²) in [6.07, 6.45) is 7.58. The fourth-order valence-electron chi connectivity index (χ4n) is 2.42. The smallest absolute Gasteiger partial charge is 0.276 e. The van der Waals surface area contributed by atoms with Gasteiger partial charge in [0.1, 0.15) is 17.8 Å². The Balaban J connectivity index is 1.45. The first-order valence-electron chi connectivity index (χ1n) is 8.95. The predicted molar refractivity (Wildman–Crippen MR) is 116 cm³/mol. The third-order valence-corrected chi connectivity index (χ3v) is 4.43. The summed E-state index contributed by atoms with van der Waals surface area (Å²) in [6.45, 7) is 1.20. The summed E-state index contributed by atoms with van der Waals surface area (Å²) >= 11 is 11.8. The van der Waals surface area contributed by atoms with Gasteiger partial charge in [0.05, 0.1) is 11.3 Å². The molecule has 0 atom stereocenters. The summed E-state index contributed by atoms with van der Waals surface area (Å²) in [5.41, 5.74) is 11.5. The van der Waals surface area contributed by atoms with E-state index in [2.05, 4.69) is 31.1 Å². The van der Waals surface area contributed by atoms with Gasteiger partial charge in [0.15, 0.2) is 18.2 Å². The predicted octanol–water partition coefficient (Wildman–Crippen LogP) is 2.59. The molecule has 1 aromatic carbocycles. The zero-order chi connectivity index (χ0) is 21.3. The average Bonchev–Trinajstić information content (AvgIpc) is 3.24. The van der Waals surface area contributed by atoms with Crippen LogP contribution in [0.3, 0.4) is 0 Å². The molecule has 0 radical (unpaired) electrons. The molecule has 0 saturated carbocycles. The number of hydrazine groups is 1. The van der Waals surface area contributed by atoms with Crippen molar-refractivity contribution in [3.63, 3.8) is 0 Å². The van der Waals surface area contributed by atoms with Gasteiger partial charge in [-0.3, -0.25) is 15.6 Å². The zero-order valence-corrected chi connectivity index (χ0v) is 17.3. The number of nitrogens with zero attached hydrogens (tertiary/aromatic N) is 4. The molecule has 0 saturated heterocycles. The molecule has 2 aromatic heterocycles. The highest BCUT2D eigenvalue weighted by Gasteiger charge is 2.10. The first-order chi connectivity index (χ1) is 14.5. The number of rotatable bonds is 10. The Bertz CT molecular complexity index is 984. The number of ether oxygens (including phenoxy) is 1. The Morgan fingerprint density at radius 3 is 2.83 bits per heavy atom. The fourth-order valence-corrected chi connectivity index (χ4v) is 2.89. The van der Waals surface area contributed by atoms with Crippen LogP contribution >= 0.6 is 23.2 Å². The van der Waals surface area contributed by atoms with E-state index >= 15 is 0 Å². The summed E-state index contributed by atoms with van der Waals surface area (Å²) < 4.78 is 7.35. The lowest BCUT2D eigenvalue weighted by molar-refractivity contribution is -0.122. The standard InChI is InChI=1S/C18H20Cl2N8O2/c19-12-2-3-14(13(20)8-12)30-9-15(29)26-27-18-16(21)17(24-10-25-18)23-4-1-6-28-7-5-22-11-28/h2-3,5,7-8,10-11H,1,4,6,9,21H2,(H,26,29)(H2,23,24,25,27). The molecule has 0 spiro atoms. The Hall–Kier alpha value is -3.24. The van der Waals surface area contributed by atoms with E-state index in [-0.39, 0.29) is 18.1 Å². The molecule has 10 nitrogen and oxygen atoms in total. The lowest BCUT2D eigenvalue weighted by atomic mass is 10.3. The van der Waals surface area contributed by atoms with E-state index in [1.54, 1.807) is 24.7 Å². The summed E-state index contributed by atoms with van der Waals surface area (Å²) in [4.78, 5) is 24.2. The minimum Gasteiger partial charge on any atom is -0.482 e. The van der Waals surface area contributed by atoms with Gasteiger partial charge < -0.3 is 20.4 Å². The Labute approximate surface area is 182 Å². The van der Waals surface area contributed by atoms with Gasteiger partial charge in [-0.2, -0.15) is 0 Å². The molecule has 3 rings (SSSR count). The highest BCUT2D eigenvalue weighted by atomic mass is 35.5. The first kappa shape index (κ1) is 21.5. The molecule has 0 aliphatic carbocycles. The Kier molecular flexibility index (Phi) is 7.52. The van der Waals surface area contributed by atoms with Crippen LogP contribution < -0.4 is 26.6 Å². The van der Waals surface area contributed by atoms with Crippen molar-refractivity contribution >= 4 is 46.4 Å². The molecule has 0 aliphatic rings. The van der Waals surface area contributed by atoms with Crippen molar-refractivity contribution in [2.24, 2.45) is 0 Å². The maximum absolute atomic E-state index is 12.0. The molecule has 5 N–H and O–H groups in total. The van der Waals surface area contributed by atoms with Crippen molar-refractivity contribution in [3.05, 3.63) is 53.3 Å². The lowest BCUT2D eigenvalue weighted by Gasteiger charge is -2.13. The number of carbonyl (C=O) groups is 1. The van der Waals surface area contributed by atoms with E-state index in [4.69, 9.17) is 33.7 Å². The second kappa shape index (κ2) is 10.5. The number of nitrogen functional groups attached to an aromatic ring is 1. The number of nitrogens with two attached hydrogens (primary N) is 1. The normalized spacial score (nSPS) is 10.5. The van der Waals surface area contributed by atoms with Crippen molar-refractivity contribution in [3.8, 4) is 5.75 Å². The molecule has 0 fully saturated rings. The summed E-state index contributed by atoms with van der Waals surface area (Å²) in [5, 5.41) is 3.94. The van der Waals surface area contributed by atoms with E-state index in [0.29, 0.717) is 28.2 Å². The van der Waals surface area contributed by atoms with Crippen molar-refractivity contribution < 1.29 is 9.53 Å². The van der Waals surface area contributed by atoms with E-state index in [1.807, 2.05) is 10.8 Å². The maximum atomic E-state index is 12.0. The minimum atomic E-state index is -0.450. The number of carbonyl (C=O) groups excluding carboxylic acids is 1. The van der Waals surface area contributed by atoms with Crippen LogP contribution in [0.25, 0.3) is 0 Å². The molecule has 3 aromatic rings. The Morgan fingerprint density at radius 1 is 1.23 bits per heavy atom. The third kappa shape index (κ3) is 6.13. The maximum Gasteiger partial charge on any atom is 0.276 e. The van der Waals surface area contributed by atoms with Crippen LogP contribution in [-0.4, -0.2) is 38.6 Å². The van der Waals surface area contributed by atoms with Crippen molar-refractivity contribution in [2.75, 3.05) is 29.6 Å². The molecule has 1 amide bonds. The van der Waals surface area contributed by atoms with Gasteiger partial charge in [0, 0.05) is 30.5 Å². The third-order valence-electron chi connectivity index (χ3n) is 3.90. The van der Waals surface area contributed by atoms with Crippen LogP contribution in [0.15, 0.2) is 43.2 Å². The van der Waals surface area contributed by atoms with Crippen LogP contribution in [0.4, 0.5) is 17.3 Å². The number of hydrogen-bond donors (Lipinski definition) is 4. The number of amides is 1. The minimum absolute atomic E-state index is 0.264.